The Morgan fingerprint density at radius 1 is 1.52 bits per heavy atom. The van der Waals surface area contributed by atoms with E-state index >= 15 is 0 Å². The van der Waals surface area contributed by atoms with Gasteiger partial charge in [0, 0.05) is 6.61 Å². The van der Waals surface area contributed by atoms with Crippen molar-refractivity contribution in [3.05, 3.63) is 28.8 Å². The molecule has 1 saturated heterocycles. The van der Waals surface area contributed by atoms with Crippen LogP contribution in [0.2, 0.25) is 5.02 Å². The highest BCUT2D eigenvalue weighted by Crippen LogP contribution is 2.23. The Hall–Kier alpha value is -1.15. The number of sulfonamides is 1. The molecule has 0 bridgehead atoms. The molecule has 1 aliphatic heterocycles. The molecule has 1 aromatic rings. The van der Waals surface area contributed by atoms with Gasteiger partial charge in [-0.15, -0.1) is 0 Å². The Balaban J connectivity index is 2.12. The highest BCUT2D eigenvalue weighted by molar-refractivity contribution is 7.89. The first-order chi connectivity index (χ1) is 9.94. The maximum absolute atomic E-state index is 11.9. The van der Waals surface area contributed by atoms with E-state index in [-0.39, 0.29) is 28.2 Å². The minimum absolute atomic E-state index is 0.0417. The number of nitrogens with one attached hydrogen (secondary N) is 1. The molecule has 0 spiro atoms. The molecule has 1 N–H and O–H groups in total. The molecule has 1 atom stereocenters. The monoisotopic (exact) mass is 333 g/mol. The fourth-order valence-corrected chi connectivity index (χ4v) is 3.22. The lowest BCUT2D eigenvalue weighted by Crippen LogP contribution is -2.20. The third-order valence-corrected chi connectivity index (χ3v) is 5.05. The predicted molar refractivity (Wildman–Crippen MR) is 77.0 cm³/mol. The molecule has 0 aromatic heterocycles. The third kappa shape index (κ3) is 3.94. The quantitative estimate of drug-likeness (QED) is 0.827. The summed E-state index contributed by atoms with van der Waals surface area (Å²) in [5.41, 5.74) is 0.131. The molecule has 0 radical (unpaired) electrons. The van der Waals surface area contributed by atoms with Gasteiger partial charge in [0.05, 0.1) is 16.7 Å². The summed E-state index contributed by atoms with van der Waals surface area (Å²) in [5, 5.41) is 0.0417. The van der Waals surface area contributed by atoms with Gasteiger partial charge in [0.2, 0.25) is 10.0 Å². The van der Waals surface area contributed by atoms with Gasteiger partial charge in [0.15, 0.2) is 0 Å². The topological polar surface area (TPSA) is 81.7 Å². The molecule has 1 fully saturated rings. The van der Waals surface area contributed by atoms with Gasteiger partial charge in [-0.1, -0.05) is 11.6 Å². The molecule has 6 nitrogen and oxygen atoms in total. The second-order valence-corrected chi connectivity index (χ2v) is 6.85. The lowest BCUT2D eigenvalue weighted by atomic mass is 10.2. The number of carbonyl (C=O) groups is 1. The lowest BCUT2D eigenvalue weighted by Gasteiger charge is -2.11. The first kappa shape index (κ1) is 16.2. The Morgan fingerprint density at radius 2 is 2.29 bits per heavy atom. The van der Waals surface area contributed by atoms with Crippen LogP contribution >= 0.6 is 11.6 Å². The van der Waals surface area contributed by atoms with Gasteiger partial charge in [-0.2, -0.15) is 0 Å². The average molecular weight is 334 g/mol. The van der Waals surface area contributed by atoms with Gasteiger partial charge in [-0.3, -0.25) is 0 Å². The minimum Gasteiger partial charge on any atom is -0.459 e. The molecule has 0 amide bonds. The fraction of sp³-hybridized carbons (Fsp3) is 0.462. The van der Waals surface area contributed by atoms with Crippen molar-refractivity contribution in [2.75, 3.05) is 20.3 Å². The van der Waals surface area contributed by atoms with Crippen LogP contribution in [0.5, 0.6) is 0 Å². The van der Waals surface area contributed by atoms with Gasteiger partial charge in [-0.05, 0) is 38.1 Å². The highest BCUT2D eigenvalue weighted by atomic mass is 35.5. The highest BCUT2D eigenvalue weighted by Gasteiger charge is 2.21. The zero-order valence-electron chi connectivity index (χ0n) is 11.5. The molecule has 1 aliphatic rings. The number of halogens is 1. The van der Waals surface area contributed by atoms with Crippen molar-refractivity contribution in [1.29, 1.82) is 0 Å². The van der Waals surface area contributed by atoms with Crippen molar-refractivity contribution >= 4 is 27.6 Å². The van der Waals surface area contributed by atoms with Crippen LogP contribution in [0, 0.1) is 0 Å². The Morgan fingerprint density at radius 3 is 2.90 bits per heavy atom. The van der Waals surface area contributed by atoms with E-state index in [1.165, 1.54) is 25.2 Å². The van der Waals surface area contributed by atoms with Crippen molar-refractivity contribution in [1.82, 2.24) is 4.72 Å². The summed E-state index contributed by atoms with van der Waals surface area (Å²) in [6.45, 7) is 0.837. The van der Waals surface area contributed by atoms with Crippen LogP contribution in [0.1, 0.15) is 23.2 Å². The third-order valence-electron chi connectivity index (χ3n) is 3.15. The van der Waals surface area contributed by atoms with Crippen LogP contribution in [0.15, 0.2) is 23.1 Å². The number of benzene rings is 1. The summed E-state index contributed by atoms with van der Waals surface area (Å²) in [7, 11) is -2.46. The van der Waals surface area contributed by atoms with Crippen molar-refractivity contribution in [3.63, 3.8) is 0 Å². The number of ether oxygens (including phenoxy) is 2. The van der Waals surface area contributed by atoms with E-state index in [0.29, 0.717) is 6.61 Å². The molecule has 2 rings (SSSR count). The van der Waals surface area contributed by atoms with Crippen LogP contribution in [0.4, 0.5) is 0 Å². The van der Waals surface area contributed by atoms with Crippen molar-refractivity contribution in [2.24, 2.45) is 0 Å². The summed E-state index contributed by atoms with van der Waals surface area (Å²) in [6.07, 6.45) is 1.72. The normalized spacial score (nSPS) is 18.7. The molecular weight excluding hydrogens is 318 g/mol. The van der Waals surface area contributed by atoms with Crippen molar-refractivity contribution < 1.29 is 22.7 Å². The number of rotatable bonds is 5. The molecule has 8 heteroatoms. The first-order valence-corrected chi connectivity index (χ1v) is 8.32. The molecule has 1 unspecified atom stereocenters. The van der Waals surface area contributed by atoms with Crippen LogP contribution in [0.3, 0.4) is 0 Å². The first-order valence-electron chi connectivity index (χ1n) is 6.46. The summed E-state index contributed by atoms with van der Waals surface area (Å²) in [5.74, 6) is -0.602. The van der Waals surface area contributed by atoms with E-state index in [4.69, 9.17) is 21.1 Å². The summed E-state index contributed by atoms with van der Waals surface area (Å²) in [4.78, 5) is 11.8. The SMILES string of the molecule is CNS(=O)(=O)c1cc(C(=O)OCC2CCCO2)ccc1Cl. The van der Waals surface area contributed by atoms with E-state index in [1.54, 1.807) is 0 Å². The maximum atomic E-state index is 11.9. The Labute approximate surface area is 128 Å². The van der Waals surface area contributed by atoms with Gasteiger partial charge in [-0.25, -0.2) is 17.9 Å². The smallest absolute Gasteiger partial charge is 0.338 e. The molecule has 0 aliphatic carbocycles. The van der Waals surface area contributed by atoms with Crippen LogP contribution in [-0.4, -0.2) is 40.8 Å². The molecule has 0 saturated carbocycles. The van der Waals surface area contributed by atoms with Crippen LogP contribution < -0.4 is 4.72 Å². The van der Waals surface area contributed by atoms with Crippen LogP contribution in [0.25, 0.3) is 0 Å². The van der Waals surface area contributed by atoms with E-state index in [9.17, 15) is 13.2 Å². The Bertz CT molecular complexity index is 625. The van der Waals surface area contributed by atoms with E-state index < -0.39 is 16.0 Å². The average Bonchev–Trinajstić information content (AvgIpc) is 2.98. The zero-order valence-corrected chi connectivity index (χ0v) is 13.0. The number of esters is 1. The van der Waals surface area contributed by atoms with E-state index in [2.05, 4.69) is 4.72 Å². The van der Waals surface area contributed by atoms with E-state index in [1.807, 2.05) is 0 Å². The summed E-state index contributed by atoms with van der Waals surface area (Å²) in [6, 6.07) is 3.98. The predicted octanol–water partition coefficient (Wildman–Crippen LogP) is 1.58. The number of hydrogen-bond acceptors (Lipinski definition) is 5. The van der Waals surface area contributed by atoms with Gasteiger partial charge in [0.1, 0.15) is 11.5 Å². The fourth-order valence-electron chi connectivity index (χ4n) is 1.97. The second kappa shape index (κ2) is 6.74. The van der Waals surface area contributed by atoms with E-state index in [0.717, 1.165) is 12.8 Å². The standard InChI is InChI=1S/C13H16ClNO5S/c1-15-21(17,18)12-7-9(4-5-11(12)14)13(16)20-8-10-3-2-6-19-10/h4-5,7,10,15H,2-3,6,8H2,1H3. The summed E-state index contributed by atoms with van der Waals surface area (Å²) < 4.78 is 36.2. The minimum atomic E-state index is -3.73. The molecular formula is C13H16ClNO5S. The lowest BCUT2D eigenvalue weighted by molar-refractivity contribution is 0.0161. The van der Waals surface area contributed by atoms with Crippen LogP contribution in [-0.2, 0) is 19.5 Å². The van der Waals surface area contributed by atoms with Crippen molar-refractivity contribution in [2.45, 2.75) is 23.8 Å². The van der Waals surface area contributed by atoms with Gasteiger partial charge in [0.25, 0.3) is 0 Å². The number of hydrogen-bond donors (Lipinski definition) is 1. The number of carbonyl (C=O) groups excluding carboxylic acids is 1. The second-order valence-electron chi connectivity index (χ2n) is 4.59. The largest absolute Gasteiger partial charge is 0.459 e. The molecule has 1 aromatic carbocycles. The van der Waals surface area contributed by atoms with Gasteiger partial charge < -0.3 is 9.47 Å². The molecule has 116 valence electrons. The van der Waals surface area contributed by atoms with Gasteiger partial charge >= 0.3 is 5.97 Å². The molecule has 21 heavy (non-hydrogen) atoms. The zero-order chi connectivity index (χ0) is 15.5. The molecule has 1 heterocycles. The maximum Gasteiger partial charge on any atom is 0.338 e. The van der Waals surface area contributed by atoms with Crippen molar-refractivity contribution in [3.8, 4) is 0 Å². The Kier molecular flexibility index (Phi) is 5.21. The summed E-state index contributed by atoms with van der Waals surface area (Å²) >= 11 is 5.85.